The molecule has 0 heterocycles. The molecule has 0 spiro atoms. The third kappa shape index (κ3) is 4.57. The van der Waals surface area contributed by atoms with Gasteiger partial charge < -0.3 is 11.1 Å². The molecule has 3 nitrogen and oxygen atoms in total. The molecular weight excluding hydrogens is 212 g/mol. The minimum atomic E-state index is -0.416. The lowest BCUT2D eigenvalue weighted by atomic mass is 10.0. The molecular formula is C14H22N2O. The minimum Gasteiger partial charge on any atom is -0.348 e. The Balaban J connectivity index is 2.51. The molecule has 0 saturated carbocycles. The van der Waals surface area contributed by atoms with Crippen LogP contribution >= 0.6 is 0 Å². The Morgan fingerprint density at radius 3 is 2.35 bits per heavy atom. The van der Waals surface area contributed by atoms with E-state index in [4.69, 9.17) is 5.73 Å². The van der Waals surface area contributed by atoms with E-state index in [2.05, 4.69) is 19.2 Å². The van der Waals surface area contributed by atoms with E-state index >= 15 is 0 Å². The number of carbonyl (C=O) groups excluding carboxylic acids is 1. The third-order valence-corrected chi connectivity index (χ3v) is 2.72. The second kappa shape index (κ2) is 6.40. The second-order valence-electron chi connectivity index (χ2n) is 4.88. The lowest BCUT2D eigenvalue weighted by Gasteiger charge is -2.18. The number of rotatable bonds is 5. The summed E-state index contributed by atoms with van der Waals surface area (Å²) in [6, 6.07) is 9.47. The smallest absolute Gasteiger partial charge is 0.237 e. The van der Waals surface area contributed by atoms with Crippen molar-refractivity contribution in [2.24, 2.45) is 11.7 Å². The highest BCUT2D eigenvalue weighted by molar-refractivity contribution is 5.81. The zero-order valence-electron chi connectivity index (χ0n) is 10.8. The Morgan fingerprint density at radius 2 is 1.82 bits per heavy atom. The third-order valence-electron chi connectivity index (χ3n) is 2.72. The fraction of sp³-hybridized carbons (Fsp3) is 0.500. The average Bonchev–Trinajstić information content (AvgIpc) is 2.29. The normalized spacial score (nSPS) is 14.4. The number of nitrogens with two attached hydrogens (primary N) is 1. The molecule has 0 aromatic heterocycles. The molecule has 1 rings (SSSR count). The fourth-order valence-electron chi connectivity index (χ4n) is 1.76. The first-order valence-corrected chi connectivity index (χ1v) is 6.11. The monoisotopic (exact) mass is 234 g/mol. The van der Waals surface area contributed by atoms with E-state index in [0.717, 1.165) is 5.56 Å². The summed E-state index contributed by atoms with van der Waals surface area (Å²) in [6.07, 6.45) is 0.716. The molecule has 0 aliphatic carbocycles. The number of amides is 1. The van der Waals surface area contributed by atoms with E-state index < -0.39 is 6.04 Å². The maximum Gasteiger partial charge on any atom is 0.237 e. The van der Waals surface area contributed by atoms with Crippen molar-refractivity contribution >= 4 is 5.91 Å². The Morgan fingerprint density at radius 1 is 1.24 bits per heavy atom. The molecule has 1 aromatic rings. The van der Waals surface area contributed by atoms with E-state index in [1.807, 2.05) is 37.3 Å². The summed E-state index contributed by atoms with van der Waals surface area (Å²) in [4.78, 5) is 11.8. The fourth-order valence-corrected chi connectivity index (χ4v) is 1.76. The number of hydrogen-bond donors (Lipinski definition) is 2. The van der Waals surface area contributed by atoms with Gasteiger partial charge in [0.15, 0.2) is 0 Å². The van der Waals surface area contributed by atoms with Gasteiger partial charge in [-0.05, 0) is 24.8 Å². The van der Waals surface area contributed by atoms with Gasteiger partial charge in [0.25, 0.3) is 0 Å². The van der Waals surface area contributed by atoms with Crippen molar-refractivity contribution in [2.75, 3.05) is 0 Å². The van der Waals surface area contributed by atoms with Crippen LogP contribution < -0.4 is 11.1 Å². The van der Waals surface area contributed by atoms with Gasteiger partial charge in [-0.25, -0.2) is 0 Å². The summed E-state index contributed by atoms with van der Waals surface area (Å²) in [5.74, 6) is 0.359. The molecule has 1 aromatic carbocycles. The highest BCUT2D eigenvalue weighted by Gasteiger charge is 2.17. The Labute approximate surface area is 103 Å². The van der Waals surface area contributed by atoms with E-state index in [0.29, 0.717) is 12.3 Å². The molecule has 2 atom stereocenters. The quantitative estimate of drug-likeness (QED) is 0.821. The van der Waals surface area contributed by atoms with Gasteiger partial charge in [0.1, 0.15) is 0 Å². The van der Waals surface area contributed by atoms with E-state index in [1.54, 1.807) is 0 Å². The number of nitrogens with one attached hydrogen (secondary N) is 1. The molecule has 0 saturated heterocycles. The lowest BCUT2D eigenvalue weighted by Crippen LogP contribution is -2.42. The Bertz CT molecular complexity index is 348. The highest BCUT2D eigenvalue weighted by Crippen LogP contribution is 2.12. The van der Waals surface area contributed by atoms with Crippen LogP contribution in [0.25, 0.3) is 0 Å². The van der Waals surface area contributed by atoms with Crippen LogP contribution in [0, 0.1) is 5.92 Å². The summed E-state index contributed by atoms with van der Waals surface area (Å²) in [6.45, 7) is 6.09. The van der Waals surface area contributed by atoms with Crippen molar-refractivity contribution in [1.29, 1.82) is 0 Å². The molecule has 1 unspecified atom stereocenters. The zero-order chi connectivity index (χ0) is 12.8. The molecule has 1 amide bonds. The molecule has 0 fully saturated rings. The van der Waals surface area contributed by atoms with Crippen LogP contribution in [0.2, 0.25) is 0 Å². The van der Waals surface area contributed by atoms with Crippen LogP contribution in [0.15, 0.2) is 30.3 Å². The predicted octanol–water partition coefficient (Wildman–Crippen LogP) is 2.24. The summed E-state index contributed by atoms with van der Waals surface area (Å²) in [5, 5.41) is 2.94. The van der Waals surface area contributed by atoms with Gasteiger partial charge in [-0.2, -0.15) is 0 Å². The standard InChI is InChI=1S/C14H22N2O/c1-10(2)9-13(15)14(17)16-11(3)12-7-5-4-6-8-12/h4-8,10-11,13H,9,15H2,1-3H3,(H,16,17)/t11?,13-/m1/s1. The Hall–Kier alpha value is -1.35. The van der Waals surface area contributed by atoms with Crippen LogP contribution in [-0.2, 0) is 4.79 Å². The maximum absolute atomic E-state index is 11.8. The zero-order valence-corrected chi connectivity index (χ0v) is 10.8. The molecule has 17 heavy (non-hydrogen) atoms. The molecule has 3 heteroatoms. The summed E-state index contributed by atoms with van der Waals surface area (Å²) in [5.41, 5.74) is 6.93. The van der Waals surface area contributed by atoms with Crippen molar-refractivity contribution in [3.63, 3.8) is 0 Å². The molecule has 0 aliphatic rings. The predicted molar refractivity (Wildman–Crippen MR) is 70.4 cm³/mol. The number of benzene rings is 1. The SMILES string of the molecule is CC(C)C[C@@H](N)C(=O)NC(C)c1ccccc1. The van der Waals surface area contributed by atoms with E-state index in [9.17, 15) is 4.79 Å². The first kappa shape index (κ1) is 13.7. The van der Waals surface area contributed by atoms with Gasteiger partial charge in [-0.3, -0.25) is 4.79 Å². The van der Waals surface area contributed by atoms with Crippen molar-refractivity contribution in [3.05, 3.63) is 35.9 Å². The van der Waals surface area contributed by atoms with Crippen LogP contribution in [0.5, 0.6) is 0 Å². The van der Waals surface area contributed by atoms with Crippen LogP contribution in [-0.4, -0.2) is 11.9 Å². The maximum atomic E-state index is 11.8. The van der Waals surface area contributed by atoms with Gasteiger partial charge >= 0.3 is 0 Å². The molecule has 0 bridgehead atoms. The molecule has 0 aliphatic heterocycles. The van der Waals surface area contributed by atoms with Gasteiger partial charge in [-0.15, -0.1) is 0 Å². The van der Waals surface area contributed by atoms with Gasteiger partial charge in [-0.1, -0.05) is 44.2 Å². The van der Waals surface area contributed by atoms with Crippen molar-refractivity contribution in [1.82, 2.24) is 5.32 Å². The molecule has 0 radical (unpaired) electrons. The number of carbonyl (C=O) groups is 1. The lowest BCUT2D eigenvalue weighted by molar-refractivity contribution is -0.123. The Kier molecular flexibility index (Phi) is 5.16. The summed E-state index contributed by atoms with van der Waals surface area (Å²) >= 11 is 0. The largest absolute Gasteiger partial charge is 0.348 e. The highest BCUT2D eigenvalue weighted by atomic mass is 16.2. The van der Waals surface area contributed by atoms with Gasteiger partial charge in [0.05, 0.1) is 12.1 Å². The van der Waals surface area contributed by atoms with E-state index in [1.165, 1.54) is 0 Å². The topological polar surface area (TPSA) is 55.1 Å². The number of hydrogen-bond acceptors (Lipinski definition) is 2. The van der Waals surface area contributed by atoms with Gasteiger partial charge in [0, 0.05) is 0 Å². The summed E-state index contributed by atoms with van der Waals surface area (Å²) in [7, 11) is 0. The van der Waals surface area contributed by atoms with Crippen LogP contribution in [0.4, 0.5) is 0 Å². The van der Waals surface area contributed by atoms with Crippen LogP contribution in [0.1, 0.15) is 38.8 Å². The van der Waals surface area contributed by atoms with Gasteiger partial charge in [0.2, 0.25) is 5.91 Å². The van der Waals surface area contributed by atoms with Crippen molar-refractivity contribution in [2.45, 2.75) is 39.3 Å². The van der Waals surface area contributed by atoms with Crippen molar-refractivity contribution < 1.29 is 4.79 Å². The summed E-state index contributed by atoms with van der Waals surface area (Å²) < 4.78 is 0. The van der Waals surface area contributed by atoms with E-state index in [-0.39, 0.29) is 11.9 Å². The van der Waals surface area contributed by atoms with Crippen molar-refractivity contribution in [3.8, 4) is 0 Å². The second-order valence-corrected chi connectivity index (χ2v) is 4.88. The molecule has 3 N–H and O–H groups in total. The molecule has 94 valence electrons. The first-order valence-electron chi connectivity index (χ1n) is 6.11. The average molecular weight is 234 g/mol. The first-order chi connectivity index (χ1) is 8.00. The van der Waals surface area contributed by atoms with Crippen LogP contribution in [0.3, 0.4) is 0 Å². The minimum absolute atomic E-state index is 0.00177.